The van der Waals surface area contributed by atoms with E-state index in [-0.39, 0.29) is 18.9 Å². The Labute approximate surface area is 278 Å². The zero-order valence-corrected chi connectivity index (χ0v) is 27.5. The molecule has 9 N–H and O–H groups in total. The Morgan fingerprint density at radius 3 is 2.06 bits per heavy atom. The van der Waals surface area contributed by atoms with E-state index in [1.165, 1.54) is 7.11 Å². The van der Waals surface area contributed by atoms with Gasteiger partial charge < -0.3 is 40.8 Å². The van der Waals surface area contributed by atoms with E-state index in [1.807, 2.05) is 30.3 Å². The lowest BCUT2D eigenvalue weighted by Gasteiger charge is -2.29. The maximum absolute atomic E-state index is 13.8. The fraction of sp³-hybridized carbons (Fsp3) is 0.324. The lowest BCUT2D eigenvalue weighted by atomic mass is 10.0. The van der Waals surface area contributed by atoms with E-state index in [9.17, 15) is 19.5 Å². The third-order valence-corrected chi connectivity index (χ3v) is 6.40. The van der Waals surface area contributed by atoms with E-state index in [1.54, 1.807) is 63.2 Å². The summed E-state index contributed by atoms with van der Waals surface area (Å²) < 4.78 is 16.8. The maximum Gasteiger partial charge on any atom is 0.344 e. The predicted molar refractivity (Wildman–Crippen MR) is 179 cm³/mol. The van der Waals surface area contributed by atoms with Crippen molar-refractivity contribution in [2.24, 2.45) is 11.5 Å². The van der Waals surface area contributed by atoms with Crippen LogP contribution >= 0.6 is 0 Å². The number of nitrogen functional groups attached to an aromatic ring is 1. The third-order valence-electron chi connectivity index (χ3n) is 6.40. The number of carbonyl (C=O) groups is 4. The Bertz CT molecular complexity index is 1570. The number of aliphatic carboxylic acids is 2. The maximum atomic E-state index is 13.8. The number of ether oxygens (including phenoxy) is 3. The summed E-state index contributed by atoms with van der Waals surface area (Å²) in [6.07, 6.45) is -0.759. The number of benzene rings is 3. The minimum absolute atomic E-state index is 0.124. The molecule has 3 rings (SSSR count). The van der Waals surface area contributed by atoms with Crippen molar-refractivity contribution in [1.29, 1.82) is 5.41 Å². The molecule has 0 aliphatic heterocycles. The fourth-order valence-electron chi connectivity index (χ4n) is 4.14. The molecular formula is C34H43N5O9. The highest BCUT2D eigenvalue weighted by Gasteiger charge is 2.39. The Morgan fingerprint density at radius 2 is 1.54 bits per heavy atom. The Balaban J connectivity index is 0.00000189. The quantitative estimate of drug-likeness (QED) is 0.0564. The molecular weight excluding hydrogens is 622 g/mol. The fourth-order valence-corrected chi connectivity index (χ4v) is 4.14. The van der Waals surface area contributed by atoms with Crippen LogP contribution in [0.1, 0.15) is 63.3 Å². The summed E-state index contributed by atoms with van der Waals surface area (Å²) in [5, 5.41) is 30.5. The van der Waals surface area contributed by atoms with Crippen molar-refractivity contribution in [3.8, 4) is 11.5 Å². The van der Waals surface area contributed by atoms with Crippen LogP contribution in [-0.4, -0.2) is 58.2 Å². The molecule has 258 valence electrons. The molecule has 0 saturated carbocycles. The normalized spacial score (nSPS) is 12.5. The molecule has 14 nitrogen and oxygen atoms in total. The first kappa shape index (κ1) is 38.6. The summed E-state index contributed by atoms with van der Waals surface area (Å²) >= 11 is 0. The molecule has 0 fully saturated rings. The van der Waals surface area contributed by atoms with Gasteiger partial charge in [-0.2, -0.15) is 0 Å². The van der Waals surface area contributed by atoms with Gasteiger partial charge >= 0.3 is 11.9 Å². The summed E-state index contributed by atoms with van der Waals surface area (Å²) in [6.45, 7) is 6.42. The van der Waals surface area contributed by atoms with Crippen LogP contribution in [-0.2, 0) is 30.5 Å². The van der Waals surface area contributed by atoms with E-state index in [0.29, 0.717) is 28.3 Å². The van der Waals surface area contributed by atoms with Crippen molar-refractivity contribution in [1.82, 2.24) is 5.32 Å². The molecule has 0 aliphatic carbocycles. The average Bonchev–Trinajstić information content (AvgIpc) is 3.01. The number of hydrogen-bond acceptors (Lipinski definition) is 10. The lowest BCUT2D eigenvalue weighted by Crippen LogP contribution is -2.63. The number of esters is 1. The number of rotatable bonds is 14. The molecule has 48 heavy (non-hydrogen) atoms. The van der Waals surface area contributed by atoms with Crippen LogP contribution in [0.15, 0.2) is 72.8 Å². The minimum atomic E-state index is -2.28. The van der Waals surface area contributed by atoms with Gasteiger partial charge in [-0.3, -0.25) is 25.5 Å². The number of methoxy groups -OCH3 is 1. The van der Waals surface area contributed by atoms with E-state index in [4.69, 9.17) is 41.0 Å². The van der Waals surface area contributed by atoms with Crippen molar-refractivity contribution < 1.29 is 43.6 Å². The van der Waals surface area contributed by atoms with Crippen LogP contribution in [0.5, 0.6) is 11.5 Å². The summed E-state index contributed by atoms with van der Waals surface area (Å²) in [5.41, 5.74) is 11.0. The standard InChI is InChI=1S/C32H39N5O7.C2H4O2/c1-31(2,3)44-26(38)16-17-32(35,30(40)41)37-29(39)27(36-23-13-10-21(11-14-23)28(33)34)22-12-15-24(25(18-22)42-4)43-19-20-8-6-5-7-9-20;1-2(3)4/h5-15,18,27,36H,16-17,19,35H2,1-4H3,(H3,33,34)(H,37,39)(H,40,41);1H3,(H,3,4)/t27-,32-;/m0./s1. The summed E-state index contributed by atoms with van der Waals surface area (Å²) in [6, 6.07) is 19.7. The van der Waals surface area contributed by atoms with Gasteiger partial charge in [-0.15, -0.1) is 0 Å². The van der Waals surface area contributed by atoms with Crippen molar-refractivity contribution >= 4 is 35.3 Å². The molecule has 0 aromatic heterocycles. The van der Waals surface area contributed by atoms with Gasteiger partial charge in [0, 0.05) is 31.0 Å². The van der Waals surface area contributed by atoms with Gasteiger partial charge in [0.1, 0.15) is 24.1 Å². The Kier molecular flexibility index (Phi) is 13.9. The second-order valence-electron chi connectivity index (χ2n) is 11.6. The monoisotopic (exact) mass is 665 g/mol. The van der Waals surface area contributed by atoms with Gasteiger partial charge in [0.25, 0.3) is 5.97 Å². The molecule has 14 heteroatoms. The number of anilines is 1. The molecule has 0 heterocycles. The molecule has 2 atom stereocenters. The third kappa shape index (κ3) is 12.6. The van der Waals surface area contributed by atoms with Gasteiger partial charge in [0.2, 0.25) is 5.91 Å². The zero-order chi connectivity index (χ0) is 36.1. The summed E-state index contributed by atoms with van der Waals surface area (Å²) in [7, 11) is 1.46. The van der Waals surface area contributed by atoms with Crippen LogP contribution < -0.4 is 31.6 Å². The number of carboxylic acids is 2. The highest BCUT2D eigenvalue weighted by molar-refractivity contribution is 5.95. The second kappa shape index (κ2) is 17.3. The van der Waals surface area contributed by atoms with Crippen LogP contribution in [0.3, 0.4) is 0 Å². The molecule has 0 aliphatic rings. The van der Waals surface area contributed by atoms with Crippen LogP contribution in [0.2, 0.25) is 0 Å². The average molecular weight is 666 g/mol. The van der Waals surface area contributed by atoms with Crippen molar-refractivity contribution in [3.05, 3.63) is 89.5 Å². The van der Waals surface area contributed by atoms with Crippen molar-refractivity contribution in [2.75, 3.05) is 12.4 Å². The number of amides is 1. The van der Waals surface area contributed by atoms with Gasteiger partial charge in [-0.05, 0) is 68.3 Å². The molecule has 0 spiro atoms. The number of nitrogens with two attached hydrogens (primary N) is 2. The number of amidine groups is 1. The molecule has 3 aromatic carbocycles. The van der Waals surface area contributed by atoms with E-state index < -0.39 is 47.5 Å². The van der Waals surface area contributed by atoms with Gasteiger partial charge in [-0.25, -0.2) is 4.79 Å². The van der Waals surface area contributed by atoms with Crippen LogP contribution in [0.4, 0.5) is 5.69 Å². The minimum Gasteiger partial charge on any atom is -0.493 e. The second-order valence-corrected chi connectivity index (χ2v) is 11.6. The largest absolute Gasteiger partial charge is 0.493 e. The number of hydrogen-bond donors (Lipinski definition) is 7. The molecule has 0 saturated heterocycles. The van der Waals surface area contributed by atoms with E-state index in [0.717, 1.165) is 12.5 Å². The molecule has 0 unspecified atom stereocenters. The summed E-state index contributed by atoms with van der Waals surface area (Å²) in [5.74, 6) is -3.15. The first-order valence-electron chi connectivity index (χ1n) is 14.8. The first-order chi connectivity index (χ1) is 22.4. The topological polar surface area (TPSA) is 236 Å². The zero-order valence-electron chi connectivity index (χ0n) is 27.5. The highest BCUT2D eigenvalue weighted by atomic mass is 16.6. The number of carboxylic acid groups (broad SMARTS) is 2. The summed E-state index contributed by atoms with van der Waals surface area (Å²) in [4.78, 5) is 47.3. The van der Waals surface area contributed by atoms with Gasteiger partial charge in [-0.1, -0.05) is 36.4 Å². The van der Waals surface area contributed by atoms with E-state index in [2.05, 4.69) is 10.6 Å². The van der Waals surface area contributed by atoms with Gasteiger partial charge in [0.05, 0.1) is 7.11 Å². The lowest BCUT2D eigenvalue weighted by molar-refractivity contribution is -0.156. The molecule has 0 bridgehead atoms. The van der Waals surface area contributed by atoms with Crippen molar-refractivity contribution in [3.63, 3.8) is 0 Å². The van der Waals surface area contributed by atoms with E-state index >= 15 is 0 Å². The number of nitrogens with one attached hydrogen (secondary N) is 3. The Hall–Kier alpha value is -5.63. The van der Waals surface area contributed by atoms with Crippen molar-refractivity contribution in [2.45, 2.75) is 64.4 Å². The molecule has 3 aromatic rings. The van der Waals surface area contributed by atoms with Crippen LogP contribution in [0.25, 0.3) is 0 Å². The molecule has 1 amide bonds. The SMILES string of the molecule is CC(=O)O.COc1cc([C@H](Nc2ccc(C(=N)N)cc2)C(=O)N[C@@](N)(CCC(=O)OC(C)(C)C)C(=O)O)ccc1OCc1ccccc1. The number of carbonyl (C=O) groups excluding carboxylic acids is 2. The highest BCUT2D eigenvalue weighted by Crippen LogP contribution is 2.33. The molecule has 0 radical (unpaired) electrons. The first-order valence-corrected chi connectivity index (χ1v) is 14.8. The predicted octanol–water partition coefficient (Wildman–Crippen LogP) is 3.78. The van der Waals surface area contributed by atoms with Crippen LogP contribution in [0, 0.1) is 5.41 Å². The smallest absolute Gasteiger partial charge is 0.344 e. The Morgan fingerprint density at radius 1 is 0.938 bits per heavy atom. The van der Waals surface area contributed by atoms with Gasteiger partial charge in [0.15, 0.2) is 17.2 Å².